The van der Waals surface area contributed by atoms with Crippen LogP contribution in [0.15, 0.2) is 48.5 Å². The first kappa shape index (κ1) is 18.4. The van der Waals surface area contributed by atoms with E-state index in [2.05, 4.69) is 22.3 Å². The highest BCUT2D eigenvalue weighted by atomic mass is 35.5. The highest BCUT2D eigenvalue weighted by Crippen LogP contribution is 2.27. The lowest BCUT2D eigenvalue weighted by Gasteiger charge is -2.19. The molecule has 2 rings (SSSR count). The molecule has 1 amide bonds. The van der Waals surface area contributed by atoms with Gasteiger partial charge in [0.05, 0.1) is 5.02 Å². The van der Waals surface area contributed by atoms with Gasteiger partial charge in [-0.2, -0.15) is 0 Å². The Morgan fingerprint density at radius 3 is 2.62 bits per heavy atom. The van der Waals surface area contributed by atoms with Crippen LogP contribution in [-0.2, 0) is 4.79 Å². The Labute approximate surface area is 152 Å². The van der Waals surface area contributed by atoms with Crippen LogP contribution in [0, 0.1) is 0 Å². The smallest absolute Gasteiger partial charge is 0.257 e. The molecule has 0 bridgehead atoms. The summed E-state index contributed by atoms with van der Waals surface area (Å²) in [7, 11) is 2.03. The predicted molar refractivity (Wildman–Crippen MR) is 99.3 cm³/mol. The molecule has 24 heavy (non-hydrogen) atoms. The third-order valence-corrected chi connectivity index (χ3v) is 3.97. The zero-order valence-electron chi connectivity index (χ0n) is 13.5. The Hall–Kier alpha value is -1.91. The monoisotopic (exact) mass is 366 g/mol. The second-order valence-electron chi connectivity index (χ2n) is 5.32. The second-order valence-corrected chi connectivity index (χ2v) is 6.17. The number of carbonyl (C=O) groups is 1. The van der Waals surface area contributed by atoms with Crippen LogP contribution in [0.2, 0.25) is 10.0 Å². The van der Waals surface area contributed by atoms with Gasteiger partial charge in [-0.3, -0.25) is 4.79 Å². The molecule has 0 aromatic heterocycles. The number of halogens is 2. The number of anilines is 1. The molecule has 128 valence electrons. The Balaban J connectivity index is 1.65. The second kappa shape index (κ2) is 9.40. The number of nitrogens with zero attached hydrogens (tertiary/aromatic N) is 1. The molecule has 0 saturated carbocycles. The number of benzene rings is 2. The Morgan fingerprint density at radius 2 is 1.92 bits per heavy atom. The van der Waals surface area contributed by atoms with Crippen molar-refractivity contribution in [1.29, 1.82) is 0 Å². The van der Waals surface area contributed by atoms with E-state index >= 15 is 0 Å². The maximum atomic E-state index is 11.8. The molecule has 0 aliphatic rings. The van der Waals surface area contributed by atoms with Crippen molar-refractivity contribution >= 4 is 34.8 Å². The summed E-state index contributed by atoms with van der Waals surface area (Å²) in [6.45, 7) is 1.37. The van der Waals surface area contributed by atoms with Crippen LogP contribution in [0.3, 0.4) is 0 Å². The minimum Gasteiger partial charge on any atom is -0.482 e. The van der Waals surface area contributed by atoms with E-state index in [4.69, 9.17) is 27.9 Å². The molecule has 0 atom stereocenters. The lowest BCUT2D eigenvalue weighted by Crippen LogP contribution is -2.31. The number of rotatable bonds is 8. The zero-order chi connectivity index (χ0) is 17.4. The van der Waals surface area contributed by atoms with E-state index < -0.39 is 0 Å². The van der Waals surface area contributed by atoms with E-state index in [0.29, 0.717) is 22.3 Å². The maximum Gasteiger partial charge on any atom is 0.257 e. The first-order valence-corrected chi connectivity index (χ1v) is 8.42. The molecule has 6 heteroatoms. The fourth-order valence-electron chi connectivity index (χ4n) is 2.14. The number of ether oxygens (including phenoxy) is 1. The molecule has 0 radical (unpaired) electrons. The van der Waals surface area contributed by atoms with Crippen molar-refractivity contribution in [2.75, 3.05) is 31.6 Å². The summed E-state index contributed by atoms with van der Waals surface area (Å²) in [5.41, 5.74) is 1.16. The molecule has 2 aromatic rings. The van der Waals surface area contributed by atoms with Crippen LogP contribution in [-0.4, -0.2) is 32.7 Å². The zero-order valence-corrected chi connectivity index (χ0v) is 15.0. The molecule has 0 fully saturated rings. The normalized spacial score (nSPS) is 10.3. The molecule has 4 nitrogen and oxygen atoms in total. The van der Waals surface area contributed by atoms with Crippen LogP contribution in [0.5, 0.6) is 5.75 Å². The highest BCUT2D eigenvalue weighted by molar-refractivity contribution is 6.35. The van der Waals surface area contributed by atoms with E-state index in [0.717, 1.165) is 18.7 Å². The third kappa shape index (κ3) is 5.95. The van der Waals surface area contributed by atoms with E-state index in [1.165, 1.54) is 0 Å². The van der Waals surface area contributed by atoms with Gasteiger partial charge >= 0.3 is 0 Å². The number of nitrogens with one attached hydrogen (secondary N) is 1. The van der Waals surface area contributed by atoms with Crippen LogP contribution in [0.25, 0.3) is 0 Å². The van der Waals surface area contributed by atoms with E-state index in [-0.39, 0.29) is 12.5 Å². The molecule has 2 aromatic carbocycles. The first-order chi connectivity index (χ1) is 11.6. The fraction of sp³-hybridized carbons (Fsp3) is 0.278. The molecule has 0 saturated heterocycles. The van der Waals surface area contributed by atoms with Crippen molar-refractivity contribution in [3.8, 4) is 5.75 Å². The SMILES string of the molecule is CN(CCCNC(=O)COc1ccc(Cl)cc1Cl)c1ccccc1. The van der Waals surface area contributed by atoms with Gasteiger partial charge in [0.1, 0.15) is 5.75 Å². The lowest BCUT2D eigenvalue weighted by atomic mass is 10.3. The van der Waals surface area contributed by atoms with Crippen molar-refractivity contribution in [3.63, 3.8) is 0 Å². The van der Waals surface area contributed by atoms with Gasteiger partial charge < -0.3 is 15.0 Å². The summed E-state index contributed by atoms with van der Waals surface area (Å²) in [4.78, 5) is 13.9. The predicted octanol–water partition coefficient (Wildman–Crippen LogP) is 4.01. The number of amides is 1. The average Bonchev–Trinajstić information content (AvgIpc) is 2.58. The number of hydrogen-bond donors (Lipinski definition) is 1. The van der Waals surface area contributed by atoms with Gasteiger partial charge in [0.25, 0.3) is 5.91 Å². The van der Waals surface area contributed by atoms with E-state index in [9.17, 15) is 4.79 Å². The van der Waals surface area contributed by atoms with Gasteiger partial charge in [0.15, 0.2) is 6.61 Å². The molecule has 0 spiro atoms. The topological polar surface area (TPSA) is 41.6 Å². The summed E-state index contributed by atoms with van der Waals surface area (Å²) in [5.74, 6) is 0.267. The van der Waals surface area contributed by atoms with Crippen LogP contribution in [0.1, 0.15) is 6.42 Å². The summed E-state index contributed by atoms with van der Waals surface area (Å²) in [5, 5.41) is 3.75. The summed E-state index contributed by atoms with van der Waals surface area (Å²) in [6, 6.07) is 15.0. The van der Waals surface area contributed by atoms with E-state index in [1.807, 2.05) is 25.2 Å². The molecular formula is C18H20Cl2N2O2. The van der Waals surface area contributed by atoms with Crippen molar-refractivity contribution in [1.82, 2.24) is 5.32 Å². The number of hydrogen-bond acceptors (Lipinski definition) is 3. The van der Waals surface area contributed by atoms with Crippen LogP contribution in [0.4, 0.5) is 5.69 Å². The summed E-state index contributed by atoms with van der Waals surface area (Å²) >= 11 is 11.8. The Kier molecular flexibility index (Phi) is 7.22. The minimum atomic E-state index is -0.177. The van der Waals surface area contributed by atoms with Crippen molar-refractivity contribution in [2.45, 2.75) is 6.42 Å². The molecule has 0 aliphatic carbocycles. The Morgan fingerprint density at radius 1 is 1.17 bits per heavy atom. The largest absolute Gasteiger partial charge is 0.482 e. The minimum absolute atomic E-state index is 0.0735. The molecule has 0 heterocycles. The quantitative estimate of drug-likeness (QED) is 0.717. The number of para-hydroxylation sites is 1. The first-order valence-electron chi connectivity index (χ1n) is 7.67. The molecule has 0 aliphatic heterocycles. The maximum absolute atomic E-state index is 11.8. The molecule has 1 N–H and O–H groups in total. The fourth-order valence-corrected chi connectivity index (χ4v) is 2.61. The molecular weight excluding hydrogens is 347 g/mol. The van der Waals surface area contributed by atoms with Gasteiger partial charge in [-0.15, -0.1) is 0 Å². The summed E-state index contributed by atoms with van der Waals surface area (Å²) < 4.78 is 5.39. The van der Waals surface area contributed by atoms with Gasteiger partial charge in [-0.25, -0.2) is 0 Å². The third-order valence-electron chi connectivity index (χ3n) is 3.44. The van der Waals surface area contributed by atoms with Crippen molar-refractivity contribution < 1.29 is 9.53 Å². The van der Waals surface area contributed by atoms with Gasteiger partial charge in [-0.05, 0) is 36.8 Å². The van der Waals surface area contributed by atoms with Crippen molar-refractivity contribution in [2.24, 2.45) is 0 Å². The lowest BCUT2D eigenvalue weighted by molar-refractivity contribution is -0.123. The Bertz CT molecular complexity index is 665. The standard InChI is InChI=1S/C18H20Cl2N2O2/c1-22(15-6-3-2-4-7-15)11-5-10-21-18(23)13-24-17-9-8-14(19)12-16(17)20/h2-4,6-9,12H,5,10-11,13H2,1H3,(H,21,23). The van der Waals surface area contributed by atoms with Gasteiger partial charge in [0, 0.05) is 30.8 Å². The van der Waals surface area contributed by atoms with Gasteiger partial charge in [-0.1, -0.05) is 41.4 Å². The molecule has 0 unspecified atom stereocenters. The summed E-state index contributed by atoms with van der Waals surface area (Å²) in [6.07, 6.45) is 0.846. The van der Waals surface area contributed by atoms with Crippen molar-refractivity contribution in [3.05, 3.63) is 58.6 Å². The van der Waals surface area contributed by atoms with E-state index in [1.54, 1.807) is 18.2 Å². The van der Waals surface area contributed by atoms with Crippen LogP contribution >= 0.6 is 23.2 Å². The van der Waals surface area contributed by atoms with Crippen LogP contribution < -0.4 is 15.0 Å². The number of carbonyl (C=O) groups excluding carboxylic acids is 1. The average molecular weight is 367 g/mol. The highest BCUT2D eigenvalue weighted by Gasteiger charge is 2.06. The van der Waals surface area contributed by atoms with Gasteiger partial charge in [0.2, 0.25) is 0 Å².